The standard InChI is InChI=1S/C22H29ClN2O4/c1-6-29-22(28)21-15(5)25(12-19(26)24-14(4)13(2)3)20(27)11-18(21)16-7-9-17(23)10-8-16/h7-10,13-14,18H,6,11-12H2,1-5H3,(H,24,26)/t14-,18+/m0/s1. The van der Waals surface area contributed by atoms with E-state index in [2.05, 4.69) is 5.32 Å². The van der Waals surface area contributed by atoms with Gasteiger partial charge >= 0.3 is 5.97 Å². The number of carbonyl (C=O) groups excluding carboxylic acids is 3. The summed E-state index contributed by atoms with van der Waals surface area (Å²) in [6.45, 7) is 9.46. The highest BCUT2D eigenvalue weighted by atomic mass is 35.5. The fourth-order valence-electron chi connectivity index (χ4n) is 3.27. The SMILES string of the molecule is CCOC(=O)C1=C(C)N(CC(=O)N[C@@H](C)C(C)C)C(=O)C[C@@H]1c1ccc(Cl)cc1. The van der Waals surface area contributed by atoms with E-state index in [1.807, 2.05) is 20.8 Å². The molecule has 0 saturated heterocycles. The van der Waals surface area contributed by atoms with Crippen LogP contribution in [0.25, 0.3) is 0 Å². The molecule has 2 rings (SSSR count). The molecule has 0 bridgehead atoms. The zero-order valence-electron chi connectivity index (χ0n) is 17.6. The molecule has 0 spiro atoms. The number of nitrogens with zero attached hydrogens (tertiary/aromatic N) is 1. The number of esters is 1. The van der Waals surface area contributed by atoms with Crippen LogP contribution in [0.4, 0.5) is 0 Å². The largest absolute Gasteiger partial charge is 0.463 e. The molecule has 1 N–H and O–H groups in total. The number of amides is 2. The number of allylic oxidation sites excluding steroid dienone is 1. The summed E-state index contributed by atoms with van der Waals surface area (Å²) in [5.41, 5.74) is 1.66. The molecule has 1 aromatic carbocycles. The zero-order valence-corrected chi connectivity index (χ0v) is 18.4. The molecule has 0 radical (unpaired) electrons. The number of benzene rings is 1. The highest BCUT2D eigenvalue weighted by Crippen LogP contribution is 2.37. The molecule has 2 amide bonds. The summed E-state index contributed by atoms with van der Waals surface area (Å²) in [6, 6.07) is 7.05. The number of nitrogens with one attached hydrogen (secondary N) is 1. The molecule has 1 aliphatic rings. The first-order chi connectivity index (χ1) is 13.6. The summed E-state index contributed by atoms with van der Waals surface area (Å²) in [5.74, 6) is -1.10. The highest BCUT2D eigenvalue weighted by Gasteiger charge is 2.37. The normalized spacial score (nSPS) is 18.1. The van der Waals surface area contributed by atoms with E-state index in [0.29, 0.717) is 16.3 Å². The topological polar surface area (TPSA) is 75.7 Å². The van der Waals surface area contributed by atoms with E-state index >= 15 is 0 Å². The van der Waals surface area contributed by atoms with Crippen LogP contribution in [0.5, 0.6) is 0 Å². The Morgan fingerprint density at radius 2 is 1.86 bits per heavy atom. The van der Waals surface area contributed by atoms with Gasteiger partial charge in [0.15, 0.2) is 0 Å². The Balaban J connectivity index is 2.37. The van der Waals surface area contributed by atoms with Gasteiger partial charge in [0.1, 0.15) is 6.54 Å². The van der Waals surface area contributed by atoms with Gasteiger partial charge in [-0.15, -0.1) is 0 Å². The summed E-state index contributed by atoms with van der Waals surface area (Å²) in [7, 11) is 0. The first kappa shape index (κ1) is 22.9. The van der Waals surface area contributed by atoms with E-state index in [1.54, 1.807) is 38.1 Å². The molecule has 7 heteroatoms. The molecular weight excluding hydrogens is 392 g/mol. The van der Waals surface area contributed by atoms with Crippen LogP contribution in [0.2, 0.25) is 5.02 Å². The first-order valence-corrected chi connectivity index (χ1v) is 10.3. The van der Waals surface area contributed by atoms with Crippen LogP contribution in [0, 0.1) is 5.92 Å². The van der Waals surface area contributed by atoms with E-state index in [1.165, 1.54) is 4.90 Å². The lowest BCUT2D eigenvalue weighted by Gasteiger charge is -2.34. The minimum atomic E-state index is -0.474. The monoisotopic (exact) mass is 420 g/mol. The predicted molar refractivity (Wildman–Crippen MR) is 112 cm³/mol. The molecular formula is C22H29ClN2O4. The van der Waals surface area contributed by atoms with Gasteiger partial charge < -0.3 is 15.0 Å². The maximum absolute atomic E-state index is 12.9. The quantitative estimate of drug-likeness (QED) is 0.683. The second kappa shape index (κ2) is 9.92. The van der Waals surface area contributed by atoms with Crippen LogP contribution in [-0.4, -0.2) is 41.9 Å². The van der Waals surface area contributed by atoms with E-state index in [9.17, 15) is 14.4 Å². The lowest BCUT2D eigenvalue weighted by atomic mass is 9.83. The van der Waals surface area contributed by atoms with Crippen LogP contribution in [0.1, 0.15) is 52.5 Å². The van der Waals surface area contributed by atoms with Gasteiger partial charge in [0, 0.05) is 29.1 Å². The summed E-state index contributed by atoms with van der Waals surface area (Å²) < 4.78 is 5.25. The van der Waals surface area contributed by atoms with Crippen molar-refractivity contribution < 1.29 is 19.1 Å². The van der Waals surface area contributed by atoms with Crippen LogP contribution < -0.4 is 5.32 Å². The van der Waals surface area contributed by atoms with Gasteiger partial charge in [-0.3, -0.25) is 9.59 Å². The zero-order chi connectivity index (χ0) is 21.7. The summed E-state index contributed by atoms with van der Waals surface area (Å²) >= 11 is 5.98. The molecule has 1 heterocycles. The summed E-state index contributed by atoms with van der Waals surface area (Å²) in [6.07, 6.45) is 0.0835. The molecule has 29 heavy (non-hydrogen) atoms. The molecule has 0 unspecified atom stereocenters. The van der Waals surface area contributed by atoms with Gasteiger partial charge in [0.05, 0.1) is 12.2 Å². The lowest BCUT2D eigenvalue weighted by molar-refractivity contribution is -0.141. The molecule has 2 atom stereocenters. The van der Waals surface area contributed by atoms with E-state index in [-0.39, 0.29) is 43.3 Å². The third kappa shape index (κ3) is 5.60. The fourth-order valence-corrected chi connectivity index (χ4v) is 3.39. The van der Waals surface area contributed by atoms with Gasteiger partial charge in [-0.25, -0.2) is 4.79 Å². The molecule has 158 valence electrons. The van der Waals surface area contributed by atoms with Crippen LogP contribution in [-0.2, 0) is 19.1 Å². The lowest BCUT2D eigenvalue weighted by Crippen LogP contribution is -2.46. The average molecular weight is 421 g/mol. The Hall–Kier alpha value is -2.34. The van der Waals surface area contributed by atoms with Crippen LogP contribution in [0.3, 0.4) is 0 Å². The van der Waals surface area contributed by atoms with Gasteiger partial charge in [-0.2, -0.15) is 0 Å². The number of rotatable bonds is 7. The second-order valence-electron chi connectivity index (χ2n) is 7.61. The number of hydrogen-bond acceptors (Lipinski definition) is 4. The fraction of sp³-hybridized carbons (Fsp3) is 0.500. The van der Waals surface area contributed by atoms with Crippen molar-refractivity contribution in [3.05, 3.63) is 46.1 Å². The highest BCUT2D eigenvalue weighted by molar-refractivity contribution is 6.30. The maximum atomic E-state index is 12.9. The third-order valence-electron chi connectivity index (χ3n) is 5.28. The number of halogens is 1. The molecule has 0 saturated carbocycles. The number of ether oxygens (including phenoxy) is 1. The molecule has 1 aliphatic heterocycles. The minimum Gasteiger partial charge on any atom is -0.463 e. The Morgan fingerprint density at radius 1 is 1.24 bits per heavy atom. The van der Waals surface area contributed by atoms with Crippen molar-refractivity contribution in [3.63, 3.8) is 0 Å². The van der Waals surface area contributed by atoms with Crippen LogP contribution >= 0.6 is 11.6 Å². The van der Waals surface area contributed by atoms with E-state index in [0.717, 1.165) is 5.56 Å². The second-order valence-corrected chi connectivity index (χ2v) is 8.04. The van der Waals surface area contributed by atoms with Crippen molar-refractivity contribution in [3.8, 4) is 0 Å². The van der Waals surface area contributed by atoms with E-state index < -0.39 is 11.9 Å². The first-order valence-electron chi connectivity index (χ1n) is 9.88. The Kier molecular flexibility index (Phi) is 7.85. The Bertz CT molecular complexity index is 802. The molecule has 1 aromatic rings. The van der Waals surface area contributed by atoms with Crippen molar-refractivity contribution in [1.82, 2.24) is 10.2 Å². The van der Waals surface area contributed by atoms with Crippen LogP contribution in [0.15, 0.2) is 35.5 Å². The molecule has 6 nitrogen and oxygen atoms in total. The predicted octanol–water partition coefficient (Wildman–Crippen LogP) is 3.65. The average Bonchev–Trinajstić information content (AvgIpc) is 2.65. The Morgan fingerprint density at radius 3 is 2.41 bits per heavy atom. The summed E-state index contributed by atoms with van der Waals surface area (Å²) in [4.78, 5) is 39.4. The van der Waals surface area contributed by atoms with E-state index in [4.69, 9.17) is 16.3 Å². The van der Waals surface area contributed by atoms with Gasteiger partial charge in [0.25, 0.3) is 0 Å². The van der Waals surface area contributed by atoms with Crippen molar-refractivity contribution in [1.29, 1.82) is 0 Å². The van der Waals surface area contributed by atoms with Crippen molar-refractivity contribution >= 4 is 29.4 Å². The molecule has 0 fully saturated rings. The van der Waals surface area contributed by atoms with Gasteiger partial charge in [-0.1, -0.05) is 37.6 Å². The van der Waals surface area contributed by atoms with Gasteiger partial charge in [-0.05, 0) is 44.4 Å². The smallest absolute Gasteiger partial charge is 0.336 e. The number of carbonyl (C=O) groups is 3. The van der Waals surface area contributed by atoms with Crippen molar-refractivity contribution in [2.45, 2.75) is 53.0 Å². The van der Waals surface area contributed by atoms with Gasteiger partial charge in [0.2, 0.25) is 11.8 Å². The van der Waals surface area contributed by atoms with Crippen molar-refractivity contribution in [2.24, 2.45) is 5.92 Å². The third-order valence-corrected chi connectivity index (χ3v) is 5.53. The Labute approximate surface area is 177 Å². The van der Waals surface area contributed by atoms with Crippen molar-refractivity contribution in [2.75, 3.05) is 13.2 Å². The summed E-state index contributed by atoms with van der Waals surface area (Å²) in [5, 5.41) is 3.48. The minimum absolute atomic E-state index is 0.0157. The molecule has 0 aliphatic carbocycles. The molecule has 0 aromatic heterocycles. The maximum Gasteiger partial charge on any atom is 0.336 e. The number of hydrogen-bond donors (Lipinski definition) is 1.